The van der Waals surface area contributed by atoms with E-state index in [0.717, 1.165) is 37.0 Å². The van der Waals surface area contributed by atoms with Gasteiger partial charge in [-0.15, -0.1) is 0 Å². The molecule has 0 radical (unpaired) electrons. The molecule has 2 amide bonds. The highest BCUT2D eigenvalue weighted by Crippen LogP contribution is 2.33. The Labute approximate surface area is 161 Å². The monoisotopic (exact) mass is 394 g/mol. The van der Waals surface area contributed by atoms with Crippen LogP contribution in [0.2, 0.25) is 0 Å². The molecule has 28 heavy (non-hydrogen) atoms. The molecular formula is C21H22F4N2O. The highest BCUT2D eigenvalue weighted by molar-refractivity contribution is 5.74. The lowest BCUT2D eigenvalue weighted by Gasteiger charge is -2.31. The predicted molar refractivity (Wildman–Crippen MR) is 98.0 cm³/mol. The number of carbonyl (C=O) groups is 1. The van der Waals surface area contributed by atoms with Crippen LogP contribution in [-0.4, -0.2) is 17.5 Å². The third kappa shape index (κ3) is 5.03. The van der Waals surface area contributed by atoms with Crippen LogP contribution in [0.4, 0.5) is 22.4 Å². The zero-order chi connectivity index (χ0) is 20.1. The van der Waals surface area contributed by atoms with Crippen molar-refractivity contribution >= 4 is 6.03 Å². The van der Waals surface area contributed by atoms with Gasteiger partial charge in [0.2, 0.25) is 0 Å². The molecule has 1 N–H and O–H groups in total. The summed E-state index contributed by atoms with van der Waals surface area (Å²) in [5, 5.41) is 2.84. The highest BCUT2D eigenvalue weighted by atomic mass is 19.4. The summed E-state index contributed by atoms with van der Waals surface area (Å²) in [5.74, 6) is -0.343. The molecule has 0 saturated carbocycles. The summed E-state index contributed by atoms with van der Waals surface area (Å²) in [5.41, 5.74) is 0.777. The molecule has 150 valence electrons. The van der Waals surface area contributed by atoms with Gasteiger partial charge in [-0.3, -0.25) is 0 Å². The van der Waals surface area contributed by atoms with Crippen molar-refractivity contribution in [1.82, 2.24) is 10.2 Å². The number of amides is 2. The van der Waals surface area contributed by atoms with Crippen LogP contribution in [-0.2, 0) is 12.7 Å². The summed E-state index contributed by atoms with van der Waals surface area (Å²) in [4.78, 5) is 14.5. The molecule has 3 nitrogen and oxygen atoms in total. The van der Waals surface area contributed by atoms with Gasteiger partial charge in [-0.05, 0) is 48.2 Å². The van der Waals surface area contributed by atoms with Crippen LogP contribution in [0.25, 0.3) is 0 Å². The number of likely N-dealkylation sites (tertiary alicyclic amines) is 1. The van der Waals surface area contributed by atoms with Crippen LogP contribution in [0.3, 0.4) is 0 Å². The van der Waals surface area contributed by atoms with Gasteiger partial charge in [0.25, 0.3) is 0 Å². The van der Waals surface area contributed by atoms with Gasteiger partial charge in [0.1, 0.15) is 5.82 Å². The SMILES string of the molecule is O=C(NCc1ccc(F)cc1)N1CCCCCC1c1ccc(C(F)(F)F)cc1. The summed E-state index contributed by atoms with van der Waals surface area (Å²) in [6.07, 6.45) is -0.947. The Bertz CT molecular complexity index is 788. The number of nitrogens with one attached hydrogen (secondary N) is 1. The number of hydrogen-bond donors (Lipinski definition) is 1. The van der Waals surface area contributed by atoms with Gasteiger partial charge in [0.15, 0.2) is 0 Å². The normalized spacial score (nSPS) is 17.9. The summed E-state index contributed by atoms with van der Waals surface area (Å²) in [6.45, 7) is 0.802. The number of carbonyl (C=O) groups excluding carboxylic acids is 1. The average Bonchev–Trinajstić information content (AvgIpc) is 2.93. The van der Waals surface area contributed by atoms with E-state index in [0.29, 0.717) is 18.5 Å². The van der Waals surface area contributed by atoms with Gasteiger partial charge < -0.3 is 10.2 Å². The molecule has 0 bridgehead atoms. The standard InChI is InChI=1S/C21H22F4N2O/c22-18-11-5-15(6-12-18)14-26-20(28)27-13-3-1-2-4-19(27)16-7-9-17(10-8-16)21(23,24)25/h5-12,19H,1-4,13-14H2,(H,26,28). The molecule has 0 spiro atoms. The molecule has 1 fully saturated rings. The molecule has 1 saturated heterocycles. The van der Waals surface area contributed by atoms with E-state index in [2.05, 4.69) is 5.32 Å². The fourth-order valence-electron chi connectivity index (χ4n) is 3.47. The number of nitrogens with zero attached hydrogens (tertiary/aromatic N) is 1. The second kappa shape index (κ2) is 8.63. The molecule has 1 heterocycles. The maximum absolute atomic E-state index is 13.0. The molecule has 0 aliphatic carbocycles. The Kier molecular flexibility index (Phi) is 6.21. The fourth-order valence-corrected chi connectivity index (χ4v) is 3.47. The van der Waals surface area contributed by atoms with Gasteiger partial charge in [0, 0.05) is 13.1 Å². The average molecular weight is 394 g/mol. The Morgan fingerprint density at radius 1 is 1.00 bits per heavy atom. The molecule has 3 rings (SSSR count). The minimum Gasteiger partial charge on any atom is -0.334 e. The van der Waals surface area contributed by atoms with Gasteiger partial charge in [-0.25, -0.2) is 9.18 Å². The van der Waals surface area contributed by atoms with Crippen molar-refractivity contribution < 1.29 is 22.4 Å². The molecule has 2 aromatic rings. The Morgan fingerprint density at radius 3 is 2.32 bits per heavy atom. The minimum atomic E-state index is -4.38. The minimum absolute atomic E-state index is 0.259. The largest absolute Gasteiger partial charge is 0.416 e. The third-order valence-corrected chi connectivity index (χ3v) is 4.99. The Morgan fingerprint density at radius 2 is 1.68 bits per heavy atom. The number of rotatable bonds is 3. The van der Waals surface area contributed by atoms with Crippen molar-refractivity contribution in [2.45, 2.75) is 44.4 Å². The Balaban J connectivity index is 1.72. The summed E-state index contributed by atoms with van der Waals surface area (Å²) in [7, 11) is 0. The molecule has 0 aromatic heterocycles. The number of alkyl halides is 3. The third-order valence-electron chi connectivity index (χ3n) is 4.99. The Hall–Kier alpha value is -2.57. The predicted octanol–water partition coefficient (Wildman–Crippen LogP) is 5.67. The van der Waals surface area contributed by atoms with Crippen molar-refractivity contribution in [3.63, 3.8) is 0 Å². The van der Waals surface area contributed by atoms with Crippen LogP contribution in [0.15, 0.2) is 48.5 Å². The van der Waals surface area contributed by atoms with Gasteiger partial charge >= 0.3 is 12.2 Å². The van der Waals surface area contributed by atoms with Crippen LogP contribution in [0.5, 0.6) is 0 Å². The first-order valence-electron chi connectivity index (χ1n) is 9.30. The molecule has 1 aliphatic rings. The van der Waals surface area contributed by atoms with E-state index in [1.165, 1.54) is 24.3 Å². The first kappa shape index (κ1) is 20.2. The molecule has 7 heteroatoms. The van der Waals surface area contributed by atoms with E-state index < -0.39 is 11.7 Å². The van der Waals surface area contributed by atoms with E-state index in [-0.39, 0.29) is 24.4 Å². The van der Waals surface area contributed by atoms with E-state index in [1.807, 2.05) is 0 Å². The number of halogens is 4. The van der Waals surface area contributed by atoms with Crippen molar-refractivity contribution in [2.24, 2.45) is 0 Å². The summed E-state index contributed by atoms with van der Waals surface area (Å²) >= 11 is 0. The molecule has 1 unspecified atom stereocenters. The quantitative estimate of drug-likeness (QED) is 0.669. The van der Waals surface area contributed by atoms with E-state index >= 15 is 0 Å². The first-order valence-corrected chi connectivity index (χ1v) is 9.30. The van der Waals surface area contributed by atoms with Crippen LogP contribution < -0.4 is 5.32 Å². The number of benzene rings is 2. The lowest BCUT2D eigenvalue weighted by molar-refractivity contribution is -0.137. The van der Waals surface area contributed by atoms with Crippen molar-refractivity contribution in [2.75, 3.05) is 6.54 Å². The topological polar surface area (TPSA) is 32.3 Å². The number of urea groups is 1. The van der Waals surface area contributed by atoms with Gasteiger partial charge in [-0.2, -0.15) is 13.2 Å². The fraction of sp³-hybridized carbons (Fsp3) is 0.381. The molecule has 1 atom stereocenters. The smallest absolute Gasteiger partial charge is 0.334 e. The molecule has 1 aliphatic heterocycles. The second-order valence-corrected chi connectivity index (χ2v) is 6.96. The zero-order valence-corrected chi connectivity index (χ0v) is 15.3. The van der Waals surface area contributed by atoms with Gasteiger partial charge in [0.05, 0.1) is 11.6 Å². The highest BCUT2D eigenvalue weighted by Gasteiger charge is 2.31. The second-order valence-electron chi connectivity index (χ2n) is 6.96. The maximum Gasteiger partial charge on any atom is 0.416 e. The first-order chi connectivity index (χ1) is 13.3. The maximum atomic E-state index is 13.0. The lowest BCUT2D eigenvalue weighted by Crippen LogP contribution is -2.42. The van der Waals surface area contributed by atoms with Crippen LogP contribution >= 0.6 is 0 Å². The van der Waals surface area contributed by atoms with E-state index in [9.17, 15) is 22.4 Å². The summed E-state index contributed by atoms with van der Waals surface area (Å²) < 4.78 is 51.5. The molecular weight excluding hydrogens is 372 g/mol. The van der Waals surface area contributed by atoms with Crippen molar-refractivity contribution in [1.29, 1.82) is 0 Å². The molecule has 2 aromatic carbocycles. The van der Waals surface area contributed by atoms with E-state index in [4.69, 9.17) is 0 Å². The van der Waals surface area contributed by atoms with Crippen molar-refractivity contribution in [3.05, 3.63) is 71.0 Å². The zero-order valence-electron chi connectivity index (χ0n) is 15.3. The van der Waals surface area contributed by atoms with E-state index in [1.54, 1.807) is 17.0 Å². The number of hydrogen-bond acceptors (Lipinski definition) is 1. The van der Waals surface area contributed by atoms with Gasteiger partial charge in [-0.1, -0.05) is 37.1 Å². The lowest BCUT2D eigenvalue weighted by atomic mass is 9.99. The van der Waals surface area contributed by atoms with Crippen LogP contribution in [0.1, 0.15) is 48.4 Å². The van der Waals surface area contributed by atoms with Crippen LogP contribution in [0, 0.1) is 5.82 Å². The van der Waals surface area contributed by atoms with Crippen molar-refractivity contribution in [3.8, 4) is 0 Å². The summed E-state index contributed by atoms with van der Waals surface area (Å²) in [6, 6.07) is 10.4.